The molecule has 8 heteroatoms. The van der Waals surface area contributed by atoms with Gasteiger partial charge < -0.3 is 20.7 Å². The summed E-state index contributed by atoms with van der Waals surface area (Å²) in [6, 6.07) is 34.2. The summed E-state index contributed by atoms with van der Waals surface area (Å²) >= 11 is 0. The number of nitrogens with zero attached hydrogens (tertiary/aromatic N) is 2. The van der Waals surface area contributed by atoms with Gasteiger partial charge in [-0.3, -0.25) is 14.6 Å². The Labute approximate surface area is 366 Å². The van der Waals surface area contributed by atoms with Crippen molar-refractivity contribution in [1.82, 2.24) is 20.4 Å². The lowest BCUT2D eigenvalue weighted by Crippen LogP contribution is -2.36. The first-order valence-corrected chi connectivity index (χ1v) is 23.0. The van der Waals surface area contributed by atoms with Gasteiger partial charge in [-0.05, 0) is 113 Å². The standard InChI is InChI=1S/C53H69BN4O3/c1-5-42-22-11-12-25-44(42)36-57(34-20-7-6-19-32-55-41(4)43-23-9-8-10-24-43)38-50-46-27-14-16-29-48(46)51(49-30-17-15-28-47(49)50)39-58(35-21-33-56-53(59)40(2)3)37-45-26-13-18-31-52(45)54(60)61/h11-18,22,25-31,43,55,60-61H,2,4-10,19-21,23-24,32-39H2,1,3H3,(H,56,59). The minimum absolute atomic E-state index is 0.135. The van der Waals surface area contributed by atoms with E-state index in [9.17, 15) is 14.8 Å². The van der Waals surface area contributed by atoms with Gasteiger partial charge in [0.05, 0.1) is 0 Å². The molecule has 0 radical (unpaired) electrons. The Hall–Kier alpha value is -4.73. The third-order valence-electron chi connectivity index (χ3n) is 12.7. The van der Waals surface area contributed by atoms with Crippen LogP contribution in [0.2, 0.25) is 0 Å². The molecule has 0 bridgehead atoms. The van der Waals surface area contributed by atoms with Crippen molar-refractivity contribution in [2.75, 3.05) is 26.2 Å². The number of hydrogen-bond donors (Lipinski definition) is 4. The summed E-state index contributed by atoms with van der Waals surface area (Å²) < 4.78 is 0. The quantitative estimate of drug-likeness (QED) is 0.0215. The largest absolute Gasteiger partial charge is 0.488 e. The lowest BCUT2D eigenvalue weighted by molar-refractivity contribution is -0.117. The van der Waals surface area contributed by atoms with E-state index in [1.54, 1.807) is 13.0 Å². The van der Waals surface area contributed by atoms with E-state index in [0.29, 0.717) is 43.1 Å². The number of carbonyl (C=O) groups is 1. The topological polar surface area (TPSA) is 88.1 Å². The lowest BCUT2D eigenvalue weighted by Gasteiger charge is -2.28. The molecule has 322 valence electrons. The van der Waals surface area contributed by atoms with Gasteiger partial charge in [0, 0.05) is 57.1 Å². The fourth-order valence-corrected chi connectivity index (χ4v) is 9.31. The van der Waals surface area contributed by atoms with Crippen molar-refractivity contribution < 1.29 is 14.8 Å². The van der Waals surface area contributed by atoms with Gasteiger partial charge in [-0.15, -0.1) is 0 Å². The minimum atomic E-state index is -1.56. The van der Waals surface area contributed by atoms with Crippen molar-refractivity contribution in [2.45, 2.75) is 111 Å². The van der Waals surface area contributed by atoms with Crippen molar-refractivity contribution in [3.05, 3.63) is 149 Å². The molecule has 0 saturated heterocycles. The number of carbonyl (C=O) groups excluding carboxylic acids is 1. The average molecular weight is 821 g/mol. The second-order valence-corrected chi connectivity index (χ2v) is 17.3. The first-order chi connectivity index (χ1) is 29.7. The smallest absolute Gasteiger partial charge is 0.423 e. The molecular weight excluding hydrogens is 751 g/mol. The van der Waals surface area contributed by atoms with Crippen molar-refractivity contribution in [3.8, 4) is 0 Å². The second kappa shape index (κ2) is 23.5. The third kappa shape index (κ3) is 12.9. The van der Waals surface area contributed by atoms with Gasteiger partial charge in [0.25, 0.3) is 0 Å². The van der Waals surface area contributed by atoms with Crippen molar-refractivity contribution in [3.63, 3.8) is 0 Å². The third-order valence-corrected chi connectivity index (χ3v) is 12.7. The van der Waals surface area contributed by atoms with Crippen molar-refractivity contribution in [2.24, 2.45) is 5.92 Å². The van der Waals surface area contributed by atoms with Crippen LogP contribution in [0.4, 0.5) is 0 Å². The maximum absolute atomic E-state index is 12.3. The van der Waals surface area contributed by atoms with Crippen LogP contribution in [0, 0.1) is 5.92 Å². The zero-order valence-electron chi connectivity index (χ0n) is 36.9. The van der Waals surface area contributed by atoms with Crippen LogP contribution in [0.25, 0.3) is 21.5 Å². The first kappa shape index (κ1) is 45.8. The fourth-order valence-electron chi connectivity index (χ4n) is 9.31. The van der Waals surface area contributed by atoms with E-state index in [1.807, 2.05) is 18.2 Å². The Balaban J connectivity index is 1.25. The molecule has 0 atom stereocenters. The molecule has 0 unspecified atom stereocenters. The highest BCUT2D eigenvalue weighted by atomic mass is 16.4. The Morgan fingerprint density at radius 3 is 1.69 bits per heavy atom. The molecule has 0 heterocycles. The Morgan fingerprint density at radius 1 is 0.623 bits per heavy atom. The van der Waals surface area contributed by atoms with Crippen molar-refractivity contribution in [1.29, 1.82) is 0 Å². The number of amides is 1. The maximum Gasteiger partial charge on any atom is 0.488 e. The highest BCUT2D eigenvalue weighted by Crippen LogP contribution is 2.35. The molecule has 0 aromatic heterocycles. The molecular formula is C53H69BN4O3. The summed E-state index contributed by atoms with van der Waals surface area (Å²) in [6.45, 7) is 18.4. The van der Waals surface area contributed by atoms with Crippen LogP contribution in [0.15, 0.2) is 121 Å². The predicted molar refractivity (Wildman–Crippen MR) is 256 cm³/mol. The highest BCUT2D eigenvalue weighted by Gasteiger charge is 2.22. The SMILES string of the molecule is C=C(C)C(=O)NCCCN(Cc1ccccc1B(O)O)Cc1c2ccccc2c(CN(CCCCCCNC(=C)C2CCCCC2)Cc2ccccc2CC)c2ccccc12. The molecule has 1 aliphatic rings. The van der Waals surface area contributed by atoms with Gasteiger partial charge in [0.2, 0.25) is 5.91 Å². The molecule has 4 N–H and O–H groups in total. The molecule has 6 rings (SSSR count). The summed E-state index contributed by atoms with van der Waals surface area (Å²) in [5.74, 6) is 0.523. The molecule has 1 amide bonds. The number of benzene rings is 5. The summed E-state index contributed by atoms with van der Waals surface area (Å²) in [6.07, 6.45) is 13.1. The van der Waals surface area contributed by atoms with Gasteiger partial charge in [-0.1, -0.05) is 149 Å². The molecule has 5 aromatic rings. The highest BCUT2D eigenvalue weighted by molar-refractivity contribution is 6.59. The van der Waals surface area contributed by atoms with E-state index >= 15 is 0 Å². The molecule has 1 fully saturated rings. The predicted octanol–water partition coefficient (Wildman–Crippen LogP) is 9.57. The summed E-state index contributed by atoms with van der Waals surface area (Å²) in [4.78, 5) is 17.4. The average Bonchev–Trinajstić information content (AvgIpc) is 3.28. The maximum atomic E-state index is 12.3. The number of nitrogens with one attached hydrogen (secondary N) is 2. The van der Waals surface area contributed by atoms with Crippen LogP contribution in [0.1, 0.15) is 106 Å². The summed E-state index contributed by atoms with van der Waals surface area (Å²) in [5, 5.41) is 32.2. The normalized spacial score (nSPS) is 13.3. The fraction of sp³-hybridized carbons (Fsp3) is 0.415. The first-order valence-electron chi connectivity index (χ1n) is 23.0. The van der Waals surface area contributed by atoms with Gasteiger partial charge >= 0.3 is 7.12 Å². The van der Waals surface area contributed by atoms with Crippen LogP contribution < -0.4 is 16.1 Å². The van der Waals surface area contributed by atoms with Gasteiger partial charge in [-0.2, -0.15) is 0 Å². The molecule has 1 saturated carbocycles. The monoisotopic (exact) mass is 821 g/mol. The molecule has 0 aliphatic heterocycles. The van der Waals surface area contributed by atoms with Crippen LogP contribution in [-0.4, -0.2) is 59.1 Å². The number of unbranched alkanes of at least 4 members (excludes halogenated alkanes) is 3. The van der Waals surface area contributed by atoms with Crippen LogP contribution in [-0.2, 0) is 37.4 Å². The number of hydrogen-bond acceptors (Lipinski definition) is 6. The molecule has 5 aromatic carbocycles. The Kier molecular flexibility index (Phi) is 17.6. The van der Waals surface area contributed by atoms with Crippen LogP contribution in [0.3, 0.4) is 0 Å². The van der Waals surface area contributed by atoms with E-state index in [0.717, 1.165) is 51.0 Å². The van der Waals surface area contributed by atoms with Gasteiger partial charge in [0.1, 0.15) is 0 Å². The van der Waals surface area contributed by atoms with E-state index in [2.05, 4.69) is 113 Å². The zero-order valence-corrected chi connectivity index (χ0v) is 36.9. The molecule has 61 heavy (non-hydrogen) atoms. The van der Waals surface area contributed by atoms with Gasteiger partial charge in [-0.25, -0.2) is 0 Å². The number of fused-ring (bicyclic) bond motifs is 2. The van der Waals surface area contributed by atoms with E-state index < -0.39 is 7.12 Å². The molecule has 1 aliphatic carbocycles. The lowest BCUT2D eigenvalue weighted by atomic mass is 9.77. The van der Waals surface area contributed by atoms with Crippen LogP contribution in [0.5, 0.6) is 0 Å². The zero-order chi connectivity index (χ0) is 43.0. The Bertz CT molecular complexity index is 2160. The van der Waals surface area contributed by atoms with E-state index in [4.69, 9.17) is 0 Å². The van der Waals surface area contributed by atoms with Crippen molar-refractivity contribution >= 4 is 40.0 Å². The minimum Gasteiger partial charge on any atom is -0.423 e. The second-order valence-electron chi connectivity index (χ2n) is 17.3. The number of rotatable bonds is 24. The van der Waals surface area contributed by atoms with Crippen LogP contribution >= 0.6 is 0 Å². The Morgan fingerprint density at radius 2 is 1.11 bits per heavy atom. The number of aryl methyl sites for hydroxylation is 1. The van der Waals surface area contributed by atoms with E-state index in [-0.39, 0.29) is 5.91 Å². The van der Waals surface area contributed by atoms with E-state index in [1.165, 1.54) is 101 Å². The molecule has 0 spiro atoms. The molecule has 7 nitrogen and oxygen atoms in total. The van der Waals surface area contributed by atoms with Gasteiger partial charge in [0.15, 0.2) is 0 Å². The summed E-state index contributed by atoms with van der Waals surface area (Å²) in [7, 11) is -1.56. The number of allylic oxidation sites excluding steroid dienone is 1. The summed E-state index contributed by atoms with van der Waals surface area (Å²) in [5.41, 5.74) is 8.57.